The van der Waals surface area contributed by atoms with E-state index in [4.69, 9.17) is 14.5 Å². The molecule has 212 valence electrons. The molecule has 0 bridgehead atoms. The summed E-state index contributed by atoms with van der Waals surface area (Å²) in [4.78, 5) is 21.6. The van der Waals surface area contributed by atoms with E-state index >= 15 is 0 Å². The number of ether oxygens (including phenoxy) is 2. The van der Waals surface area contributed by atoms with Crippen LogP contribution in [0.25, 0.3) is 5.65 Å². The van der Waals surface area contributed by atoms with Crippen molar-refractivity contribution in [2.75, 3.05) is 12.4 Å². The van der Waals surface area contributed by atoms with Gasteiger partial charge in [0.1, 0.15) is 22.9 Å². The second kappa shape index (κ2) is 14.0. The Labute approximate surface area is 233 Å². The molecule has 1 aliphatic rings. The Bertz CT molecular complexity index is 1390. The molecule has 1 aromatic carbocycles. The summed E-state index contributed by atoms with van der Waals surface area (Å²) in [7, 11) is 1.70. The predicted molar refractivity (Wildman–Crippen MR) is 151 cm³/mol. The number of fused-ring (bicyclic) bond motifs is 1. The largest absolute Gasteiger partial charge is 0.490 e. The molecule has 40 heavy (non-hydrogen) atoms. The fourth-order valence-corrected chi connectivity index (χ4v) is 4.72. The minimum absolute atomic E-state index is 0.0620. The number of hydrogen-bond acceptors (Lipinski definition) is 5. The van der Waals surface area contributed by atoms with E-state index in [0.717, 1.165) is 18.5 Å². The number of nitrogens with zero attached hydrogens (tertiary/aromatic N) is 3. The normalized spacial score (nSPS) is 13.8. The summed E-state index contributed by atoms with van der Waals surface area (Å²) in [5, 5.41) is 2.60. The van der Waals surface area contributed by atoms with Crippen LogP contribution >= 0.6 is 0 Å². The summed E-state index contributed by atoms with van der Waals surface area (Å²) in [6, 6.07) is 16.0. The van der Waals surface area contributed by atoms with Crippen molar-refractivity contribution in [1.82, 2.24) is 14.4 Å². The maximum absolute atomic E-state index is 13.0. The zero-order chi connectivity index (χ0) is 28.5. The third-order valence-corrected chi connectivity index (χ3v) is 6.59. The molecule has 3 heterocycles. The fourth-order valence-electron chi connectivity index (χ4n) is 4.72. The average Bonchev–Trinajstić information content (AvgIpc) is 3.37. The highest BCUT2D eigenvalue weighted by atomic mass is 19.3. The highest BCUT2D eigenvalue weighted by molar-refractivity contribution is 6.05. The van der Waals surface area contributed by atoms with Gasteiger partial charge < -0.3 is 19.2 Å². The SMILES string of the molecule is CC(C)Oc1cc2nc(C3CCCCC3)cn2cc1C(=O)Nc1cccc(C(F)F)n1.COCc1ccccc1. The molecule has 7 nitrogen and oxygen atoms in total. The van der Waals surface area contributed by atoms with Crippen LogP contribution in [0.3, 0.4) is 0 Å². The average molecular weight is 551 g/mol. The van der Waals surface area contributed by atoms with Crippen molar-refractivity contribution in [3.05, 3.63) is 89.5 Å². The van der Waals surface area contributed by atoms with Crippen LogP contribution < -0.4 is 10.1 Å². The van der Waals surface area contributed by atoms with E-state index < -0.39 is 18.0 Å². The molecule has 5 rings (SSSR count). The number of amides is 1. The van der Waals surface area contributed by atoms with Crippen molar-refractivity contribution in [3.63, 3.8) is 0 Å². The third kappa shape index (κ3) is 7.85. The zero-order valence-electron chi connectivity index (χ0n) is 23.1. The van der Waals surface area contributed by atoms with Crippen LogP contribution in [0.4, 0.5) is 14.6 Å². The van der Waals surface area contributed by atoms with Crippen LogP contribution in [0.2, 0.25) is 0 Å². The molecule has 1 N–H and O–H groups in total. The van der Waals surface area contributed by atoms with Gasteiger partial charge >= 0.3 is 0 Å². The maximum atomic E-state index is 13.0. The van der Waals surface area contributed by atoms with Crippen LogP contribution in [0.15, 0.2) is 67.0 Å². The Morgan fingerprint density at radius 3 is 2.45 bits per heavy atom. The quantitative estimate of drug-likeness (QED) is 0.245. The van der Waals surface area contributed by atoms with Crippen LogP contribution in [0.1, 0.15) is 85.6 Å². The molecule has 9 heteroatoms. The first-order valence-corrected chi connectivity index (χ1v) is 13.6. The summed E-state index contributed by atoms with van der Waals surface area (Å²) in [5.41, 5.74) is 2.86. The first-order chi connectivity index (χ1) is 19.3. The Balaban J connectivity index is 0.000000350. The van der Waals surface area contributed by atoms with Gasteiger partial charge in [-0.25, -0.2) is 18.7 Å². The molecule has 0 unspecified atom stereocenters. The molecule has 1 saturated carbocycles. The van der Waals surface area contributed by atoms with E-state index in [-0.39, 0.29) is 17.5 Å². The van der Waals surface area contributed by atoms with Gasteiger partial charge in [0.15, 0.2) is 0 Å². The van der Waals surface area contributed by atoms with Gasteiger partial charge in [0.05, 0.1) is 24.0 Å². The first-order valence-electron chi connectivity index (χ1n) is 13.6. The number of imidazole rings is 1. The molecule has 0 spiro atoms. The standard InChI is InChI=1S/C23H26F2N4O2.C8H10O/c1-14(2)31-19-11-21-27-18(15-7-4-3-5-8-15)13-29(21)12-16(19)23(30)28-20-10-6-9-17(26-20)22(24)25;1-9-7-8-5-3-2-4-6-8/h6,9-15,22H,3-5,7-8H2,1-2H3,(H,26,28,30);2-6H,7H2,1H3. The Morgan fingerprint density at radius 2 is 1.77 bits per heavy atom. The van der Waals surface area contributed by atoms with Crippen molar-refractivity contribution in [2.24, 2.45) is 0 Å². The molecule has 0 saturated heterocycles. The summed E-state index contributed by atoms with van der Waals surface area (Å²) in [5.74, 6) is 0.406. The van der Waals surface area contributed by atoms with E-state index in [9.17, 15) is 13.6 Å². The molecule has 3 aromatic heterocycles. The Kier molecular flexibility index (Phi) is 10.2. The number of methoxy groups -OCH3 is 1. The van der Waals surface area contributed by atoms with Crippen molar-refractivity contribution in [1.29, 1.82) is 0 Å². The Hall–Kier alpha value is -3.85. The van der Waals surface area contributed by atoms with E-state index in [1.807, 2.05) is 54.8 Å². The number of pyridine rings is 2. The highest BCUT2D eigenvalue weighted by Gasteiger charge is 2.22. The zero-order valence-corrected chi connectivity index (χ0v) is 23.1. The summed E-state index contributed by atoms with van der Waals surface area (Å²) >= 11 is 0. The second-order valence-corrected chi connectivity index (χ2v) is 10.1. The molecular formula is C31H36F2N4O3. The molecule has 0 radical (unpaired) electrons. The van der Waals surface area contributed by atoms with Gasteiger partial charge in [0, 0.05) is 31.5 Å². The van der Waals surface area contributed by atoms with Crippen molar-refractivity contribution < 1.29 is 23.0 Å². The summed E-state index contributed by atoms with van der Waals surface area (Å²) in [6.45, 7) is 4.46. The van der Waals surface area contributed by atoms with Crippen LogP contribution in [-0.2, 0) is 11.3 Å². The van der Waals surface area contributed by atoms with E-state index in [0.29, 0.717) is 23.9 Å². The highest BCUT2D eigenvalue weighted by Crippen LogP contribution is 2.33. The number of rotatable bonds is 8. The monoisotopic (exact) mass is 550 g/mol. The van der Waals surface area contributed by atoms with Gasteiger partial charge in [0.2, 0.25) is 0 Å². The molecule has 1 aliphatic carbocycles. The number of carbonyl (C=O) groups excluding carboxylic acids is 1. The minimum atomic E-state index is -2.71. The van der Waals surface area contributed by atoms with Crippen LogP contribution in [0.5, 0.6) is 5.75 Å². The Morgan fingerprint density at radius 1 is 1.02 bits per heavy atom. The van der Waals surface area contributed by atoms with Gasteiger partial charge in [-0.2, -0.15) is 0 Å². The van der Waals surface area contributed by atoms with E-state index in [2.05, 4.69) is 10.3 Å². The predicted octanol–water partition coefficient (Wildman–Crippen LogP) is 7.59. The summed E-state index contributed by atoms with van der Waals surface area (Å²) in [6.07, 6.45) is 6.71. The van der Waals surface area contributed by atoms with Gasteiger partial charge in [-0.1, -0.05) is 55.7 Å². The van der Waals surface area contributed by atoms with Crippen LogP contribution in [-0.4, -0.2) is 33.5 Å². The second-order valence-electron chi connectivity index (χ2n) is 10.1. The molecule has 0 aliphatic heterocycles. The van der Waals surface area contributed by atoms with Gasteiger partial charge in [-0.05, 0) is 44.4 Å². The van der Waals surface area contributed by atoms with Gasteiger partial charge in [-0.3, -0.25) is 4.79 Å². The van der Waals surface area contributed by atoms with Crippen LogP contribution in [0, 0.1) is 0 Å². The lowest BCUT2D eigenvalue weighted by molar-refractivity contribution is 0.101. The minimum Gasteiger partial charge on any atom is -0.490 e. The maximum Gasteiger partial charge on any atom is 0.280 e. The summed E-state index contributed by atoms with van der Waals surface area (Å²) < 4.78 is 38.5. The first kappa shape index (κ1) is 29.1. The number of aromatic nitrogens is 3. The molecule has 1 fully saturated rings. The topological polar surface area (TPSA) is 77.8 Å². The van der Waals surface area contributed by atoms with Crippen molar-refractivity contribution >= 4 is 17.4 Å². The van der Waals surface area contributed by atoms with Gasteiger partial charge in [-0.15, -0.1) is 0 Å². The number of benzene rings is 1. The van der Waals surface area contributed by atoms with E-state index in [1.54, 1.807) is 19.4 Å². The molecule has 4 aromatic rings. The number of halogens is 2. The number of nitrogens with one attached hydrogen (secondary N) is 1. The molecule has 1 amide bonds. The smallest absolute Gasteiger partial charge is 0.280 e. The number of anilines is 1. The van der Waals surface area contributed by atoms with Crippen molar-refractivity contribution in [2.45, 2.75) is 71.0 Å². The fraction of sp³-hybridized carbons (Fsp3) is 0.387. The molecular weight excluding hydrogens is 514 g/mol. The van der Waals surface area contributed by atoms with E-state index in [1.165, 1.54) is 43.0 Å². The lowest BCUT2D eigenvalue weighted by Gasteiger charge is -2.19. The third-order valence-electron chi connectivity index (χ3n) is 6.59. The molecule has 0 atom stereocenters. The lowest BCUT2D eigenvalue weighted by atomic mass is 9.87. The van der Waals surface area contributed by atoms with Gasteiger partial charge in [0.25, 0.3) is 12.3 Å². The lowest BCUT2D eigenvalue weighted by Crippen LogP contribution is -2.17. The number of alkyl halides is 2. The number of carbonyl (C=O) groups is 1. The van der Waals surface area contributed by atoms with Crippen molar-refractivity contribution in [3.8, 4) is 5.75 Å². The number of hydrogen-bond donors (Lipinski definition) is 1.